The average Bonchev–Trinajstić information content (AvgIpc) is 3.40. The molecule has 0 unspecified atom stereocenters. The molecule has 8 nitrogen and oxygen atoms in total. The highest BCUT2D eigenvalue weighted by Gasteiger charge is 2.36. The van der Waals surface area contributed by atoms with Crippen molar-refractivity contribution in [2.75, 3.05) is 18.6 Å². The number of anilines is 1. The Balaban J connectivity index is 1.49. The Labute approximate surface area is 171 Å². The molecule has 1 saturated heterocycles. The molecule has 0 amide bonds. The van der Waals surface area contributed by atoms with E-state index in [2.05, 4.69) is 37.4 Å². The van der Waals surface area contributed by atoms with Gasteiger partial charge in [-0.15, -0.1) is 4.80 Å². The first-order valence-corrected chi connectivity index (χ1v) is 9.48. The second-order valence-corrected chi connectivity index (χ2v) is 7.00. The van der Waals surface area contributed by atoms with Crippen LogP contribution in [0.5, 0.6) is 5.75 Å². The fourth-order valence-electron chi connectivity index (χ4n) is 3.60. The van der Waals surface area contributed by atoms with Crippen molar-refractivity contribution in [2.24, 2.45) is 0 Å². The Morgan fingerprint density at radius 3 is 2.83 bits per heavy atom. The fourth-order valence-corrected chi connectivity index (χ4v) is 3.60. The molecular weight excluding hydrogens is 387 g/mol. The van der Waals surface area contributed by atoms with E-state index >= 15 is 0 Å². The molecule has 0 N–H and O–H groups in total. The normalized spacial score (nSPS) is 15.8. The summed E-state index contributed by atoms with van der Waals surface area (Å²) >= 11 is 0. The van der Waals surface area contributed by atoms with E-state index in [1.807, 2.05) is 13.0 Å². The van der Waals surface area contributed by atoms with E-state index in [4.69, 9.17) is 9.26 Å². The Hall–Kier alpha value is -3.75. The van der Waals surface area contributed by atoms with E-state index in [-0.39, 0.29) is 17.6 Å². The summed E-state index contributed by atoms with van der Waals surface area (Å²) in [6.45, 7) is 2.83. The molecule has 2 aromatic heterocycles. The van der Waals surface area contributed by atoms with Gasteiger partial charge in [-0.1, -0.05) is 11.2 Å². The minimum Gasteiger partial charge on any atom is -0.493 e. The number of nitrogens with zero attached hydrogens (tertiary/aromatic N) is 6. The van der Waals surface area contributed by atoms with Crippen molar-refractivity contribution >= 4 is 5.69 Å². The molecule has 0 saturated carbocycles. The minimum absolute atomic E-state index is 0.0932. The Kier molecular flexibility index (Phi) is 4.42. The lowest BCUT2D eigenvalue weighted by Crippen LogP contribution is -2.41. The number of benzene rings is 2. The second-order valence-electron chi connectivity index (χ2n) is 7.00. The molecule has 0 bridgehead atoms. The van der Waals surface area contributed by atoms with Crippen molar-refractivity contribution in [3.8, 4) is 22.8 Å². The first-order chi connectivity index (χ1) is 14.7. The summed E-state index contributed by atoms with van der Waals surface area (Å²) in [7, 11) is 1.41. The molecular formula is C21H18FN6O2. The summed E-state index contributed by atoms with van der Waals surface area (Å²) in [5.41, 5.74) is 3.21. The Morgan fingerprint density at radius 2 is 2.10 bits per heavy atom. The van der Waals surface area contributed by atoms with Crippen LogP contribution < -0.4 is 9.64 Å². The van der Waals surface area contributed by atoms with E-state index < -0.39 is 5.82 Å². The topological polar surface area (TPSA) is 82.1 Å². The van der Waals surface area contributed by atoms with Gasteiger partial charge in [0.1, 0.15) is 11.7 Å². The summed E-state index contributed by atoms with van der Waals surface area (Å²) in [4.78, 5) is 8.23. The molecule has 0 aliphatic carbocycles. The van der Waals surface area contributed by atoms with Crippen LogP contribution in [0, 0.1) is 18.8 Å². The molecule has 1 radical (unpaired) electrons. The van der Waals surface area contributed by atoms with Gasteiger partial charge in [0.25, 0.3) is 0 Å². The van der Waals surface area contributed by atoms with Gasteiger partial charge in [-0.3, -0.25) is 0 Å². The number of methoxy groups -OCH3 is 1. The predicted molar refractivity (Wildman–Crippen MR) is 106 cm³/mol. The first kappa shape index (κ1) is 18.3. The highest BCUT2D eigenvalue weighted by molar-refractivity contribution is 5.66. The van der Waals surface area contributed by atoms with Crippen molar-refractivity contribution < 1.29 is 13.7 Å². The van der Waals surface area contributed by atoms with Crippen LogP contribution in [0.15, 0.2) is 47.2 Å². The third kappa shape index (κ3) is 2.99. The average molecular weight is 405 g/mol. The third-order valence-corrected chi connectivity index (χ3v) is 5.13. The highest BCUT2D eigenvalue weighted by Crippen LogP contribution is 2.41. The van der Waals surface area contributed by atoms with Gasteiger partial charge in [-0.05, 0) is 43.2 Å². The maximum Gasteiger partial charge on any atom is 0.249 e. The minimum atomic E-state index is -0.474. The van der Waals surface area contributed by atoms with Gasteiger partial charge in [0.2, 0.25) is 11.7 Å². The second kappa shape index (κ2) is 7.25. The van der Waals surface area contributed by atoms with Crippen LogP contribution in [-0.4, -0.2) is 38.8 Å². The number of rotatable bonds is 5. The summed E-state index contributed by atoms with van der Waals surface area (Å²) in [6.07, 6.45) is 4.10. The van der Waals surface area contributed by atoms with Crippen molar-refractivity contribution in [3.63, 3.8) is 0 Å². The van der Waals surface area contributed by atoms with Crippen LogP contribution in [0.4, 0.5) is 10.1 Å². The maximum absolute atomic E-state index is 14.0. The van der Waals surface area contributed by atoms with E-state index in [1.165, 1.54) is 13.2 Å². The van der Waals surface area contributed by atoms with Gasteiger partial charge >= 0.3 is 0 Å². The van der Waals surface area contributed by atoms with E-state index in [0.717, 1.165) is 29.9 Å². The molecule has 9 heteroatoms. The zero-order valence-electron chi connectivity index (χ0n) is 16.4. The van der Waals surface area contributed by atoms with E-state index in [0.29, 0.717) is 11.5 Å². The summed E-state index contributed by atoms with van der Waals surface area (Å²) in [5, 5.41) is 12.5. The van der Waals surface area contributed by atoms with E-state index in [1.54, 1.807) is 29.3 Å². The van der Waals surface area contributed by atoms with Gasteiger partial charge in [0.15, 0.2) is 11.6 Å². The van der Waals surface area contributed by atoms with Gasteiger partial charge in [0, 0.05) is 12.6 Å². The number of halogens is 1. The first-order valence-electron chi connectivity index (χ1n) is 9.48. The number of ether oxygens (including phenoxy) is 1. The van der Waals surface area contributed by atoms with Gasteiger partial charge in [-0.2, -0.15) is 15.2 Å². The highest BCUT2D eigenvalue weighted by atomic mass is 19.1. The largest absolute Gasteiger partial charge is 0.493 e. The zero-order chi connectivity index (χ0) is 20.7. The van der Waals surface area contributed by atoms with Crippen molar-refractivity contribution in [1.82, 2.24) is 25.1 Å². The quantitative estimate of drug-likeness (QED) is 0.502. The molecule has 151 valence electrons. The summed E-state index contributed by atoms with van der Waals surface area (Å²) in [5.74, 6) is 0.371. The predicted octanol–water partition coefficient (Wildman–Crippen LogP) is 3.53. The van der Waals surface area contributed by atoms with Crippen LogP contribution in [0.1, 0.15) is 23.9 Å². The third-order valence-electron chi connectivity index (χ3n) is 5.13. The van der Waals surface area contributed by atoms with Crippen LogP contribution in [0.3, 0.4) is 0 Å². The SMILES string of the molecule is COc1c(F)cccc1-c1noc([C@@H]2CCN2c2cc(C)c[c]c2-n2nccn2)n1. The molecule has 30 heavy (non-hydrogen) atoms. The molecule has 2 aromatic carbocycles. The van der Waals surface area contributed by atoms with Gasteiger partial charge in [-0.25, -0.2) is 4.39 Å². The Bertz CT molecular complexity index is 1190. The monoisotopic (exact) mass is 405 g/mol. The number of aryl methyl sites for hydroxylation is 1. The molecule has 1 aliphatic heterocycles. The molecule has 5 rings (SSSR count). The van der Waals surface area contributed by atoms with Gasteiger partial charge < -0.3 is 14.2 Å². The number of hydrogen-bond acceptors (Lipinski definition) is 7. The van der Waals surface area contributed by atoms with Crippen molar-refractivity contribution in [3.05, 3.63) is 66.1 Å². The molecule has 3 heterocycles. The van der Waals surface area contributed by atoms with Crippen LogP contribution in [0.2, 0.25) is 0 Å². The standard InChI is InChI=1S/C21H18FN6O2/c1-13-6-7-16(28-23-9-10-24-28)18(12-13)27-11-8-17(27)21-25-20(26-30-21)14-4-3-5-15(22)19(14)29-2/h3-6,9-10,12,17H,8,11H2,1-2H3/t17-/m0/s1. The number of aromatic nitrogens is 5. The summed E-state index contributed by atoms with van der Waals surface area (Å²) in [6, 6.07) is 11.7. The van der Waals surface area contributed by atoms with Crippen molar-refractivity contribution in [2.45, 2.75) is 19.4 Å². The lowest BCUT2D eigenvalue weighted by atomic mass is 10.00. The van der Waals surface area contributed by atoms with Crippen LogP contribution in [-0.2, 0) is 0 Å². The molecule has 1 atom stereocenters. The van der Waals surface area contributed by atoms with E-state index in [9.17, 15) is 4.39 Å². The number of hydrogen-bond donors (Lipinski definition) is 0. The summed E-state index contributed by atoms with van der Waals surface area (Å²) < 4.78 is 24.8. The Morgan fingerprint density at radius 1 is 1.27 bits per heavy atom. The molecule has 1 aliphatic rings. The maximum atomic E-state index is 14.0. The molecule has 0 spiro atoms. The molecule has 4 aromatic rings. The number of para-hydroxylation sites is 1. The zero-order valence-corrected chi connectivity index (χ0v) is 16.4. The van der Waals surface area contributed by atoms with Gasteiger partial charge in [0.05, 0.1) is 30.8 Å². The lowest BCUT2D eigenvalue weighted by Gasteiger charge is -2.41. The smallest absolute Gasteiger partial charge is 0.249 e. The van der Waals surface area contributed by atoms with Crippen molar-refractivity contribution in [1.29, 1.82) is 0 Å². The molecule has 1 fully saturated rings. The van der Waals surface area contributed by atoms with Crippen LogP contribution >= 0.6 is 0 Å². The van der Waals surface area contributed by atoms with Crippen LogP contribution in [0.25, 0.3) is 17.1 Å². The fraction of sp³-hybridized carbons (Fsp3) is 0.238. The lowest BCUT2D eigenvalue weighted by molar-refractivity contribution is 0.309.